The Morgan fingerprint density at radius 3 is 2.38 bits per heavy atom. The van der Waals surface area contributed by atoms with Crippen LogP contribution in [0.5, 0.6) is 0 Å². The average molecular weight is 292 g/mol. The fourth-order valence-corrected chi connectivity index (χ4v) is 3.08. The summed E-state index contributed by atoms with van der Waals surface area (Å²) in [6.45, 7) is 8.25. The highest BCUT2D eigenvalue weighted by Crippen LogP contribution is 2.31. The van der Waals surface area contributed by atoms with Gasteiger partial charge in [0.05, 0.1) is 0 Å². The second-order valence-electron chi connectivity index (χ2n) is 5.86. The van der Waals surface area contributed by atoms with E-state index in [4.69, 9.17) is 0 Å². The highest BCUT2D eigenvalue weighted by molar-refractivity contribution is 5.57. The molecular formula is C16H28N4O. The minimum absolute atomic E-state index is 0.304. The lowest BCUT2D eigenvalue weighted by atomic mass is 9.97. The molecule has 1 saturated carbocycles. The fourth-order valence-electron chi connectivity index (χ4n) is 3.08. The van der Waals surface area contributed by atoms with Gasteiger partial charge >= 0.3 is 0 Å². The van der Waals surface area contributed by atoms with Crippen LogP contribution >= 0.6 is 0 Å². The molecule has 0 bridgehead atoms. The maximum Gasteiger partial charge on any atom is 0.134 e. The van der Waals surface area contributed by atoms with Crippen molar-refractivity contribution in [1.29, 1.82) is 0 Å². The van der Waals surface area contributed by atoms with Crippen molar-refractivity contribution in [3.8, 4) is 0 Å². The predicted molar refractivity (Wildman–Crippen MR) is 86.7 cm³/mol. The van der Waals surface area contributed by atoms with E-state index in [0.717, 1.165) is 49.0 Å². The highest BCUT2D eigenvalue weighted by Gasteiger charge is 2.26. The zero-order valence-electron chi connectivity index (χ0n) is 13.4. The van der Waals surface area contributed by atoms with E-state index in [-0.39, 0.29) is 0 Å². The lowest BCUT2D eigenvalue weighted by Gasteiger charge is -2.20. The number of nitrogens with zero attached hydrogens (tertiary/aromatic N) is 2. The number of aliphatic hydroxyl groups is 1. The summed E-state index contributed by atoms with van der Waals surface area (Å²) in [4.78, 5) is 9.17. The molecule has 0 saturated heterocycles. The van der Waals surface area contributed by atoms with Crippen LogP contribution in [-0.4, -0.2) is 34.8 Å². The maximum atomic E-state index is 9.42. The number of aromatic nitrogens is 2. The molecule has 3 N–H and O–H groups in total. The summed E-state index contributed by atoms with van der Waals surface area (Å²) >= 11 is 0. The molecule has 21 heavy (non-hydrogen) atoms. The Kier molecular flexibility index (Phi) is 5.79. The Morgan fingerprint density at radius 1 is 1.10 bits per heavy atom. The number of aryl methyl sites for hydroxylation is 1. The van der Waals surface area contributed by atoms with Gasteiger partial charge in [-0.15, -0.1) is 0 Å². The minimum atomic E-state index is 0.304. The number of nitrogens with one attached hydrogen (secondary N) is 2. The van der Waals surface area contributed by atoms with Crippen molar-refractivity contribution in [3.05, 3.63) is 11.4 Å². The molecule has 118 valence electrons. The molecule has 1 aliphatic rings. The van der Waals surface area contributed by atoms with Gasteiger partial charge in [0.25, 0.3) is 0 Å². The third kappa shape index (κ3) is 3.84. The molecule has 1 aromatic rings. The Balaban J connectivity index is 2.09. The molecule has 1 aromatic heterocycles. The lowest BCUT2D eigenvalue weighted by Crippen LogP contribution is -2.22. The van der Waals surface area contributed by atoms with E-state index < -0.39 is 0 Å². The van der Waals surface area contributed by atoms with Crippen LogP contribution in [0, 0.1) is 18.8 Å². The summed E-state index contributed by atoms with van der Waals surface area (Å²) in [5.74, 6) is 3.72. The first-order chi connectivity index (χ1) is 10.2. The van der Waals surface area contributed by atoms with Crippen LogP contribution in [0.3, 0.4) is 0 Å². The van der Waals surface area contributed by atoms with Crippen LogP contribution in [0.4, 0.5) is 11.6 Å². The number of anilines is 2. The minimum Gasteiger partial charge on any atom is -0.396 e. The average Bonchev–Trinajstić information content (AvgIpc) is 2.95. The van der Waals surface area contributed by atoms with E-state index in [1.807, 2.05) is 0 Å². The molecular weight excluding hydrogens is 264 g/mol. The summed E-state index contributed by atoms with van der Waals surface area (Å²) in [5.41, 5.74) is 1.08. The first-order valence-electron chi connectivity index (χ1n) is 8.15. The van der Waals surface area contributed by atoms with Gasteiger partial charge in [0, 0.05) is 31.7 Å². The van der Waals surface area contributed by atoms with Gasteiger partial charge in [-0.25, -0.2) is 9.97 Å². The van der Waals surface area contributed by atoms with Crippen LogP contribution in [0.25, 0.3) is 0 Å². The Morgan fingerprint density at radius 2 is 1.76 bits per heavy atom. The van der Waals surface area contributed by atoms with Crippen molar-refractivity contribution in [2.45, 2.75) is 46.5 Å². The van der Waals surface area contributed by atoms with Crippen molar-refractivity contribution in [2.24, 2.45) is 11.8 Å². The molecule has 1 fully saturated rings. The summed E-state index contributed by atoms with van der Waals surface area (Å²) in [6.07, 6.45) is 4.40. The van der Waals surface area contributed by atoms with Crippen LogP contribution in [0.1, 0.15) is 44.5 Å². The maximum absolute atomic E-state index is 9.42. The predicted octanol–water partition coefficient (Wildman–Crippen LogP) is 2.60. The monoisotopic (exact) mass is 292 g/mol. The van der Waals surface area contributed by atoms with E-state index in [2.05, 4.69) is 41.4 Å². The van der Waals surface area contributed by atoms with E-state index in [9.17, 15) is 5.11 Å². The van der Waals surface area contributed by atoms with Gasteiger partial charge in [-0.1, -0.05) is 13.3 Å². The lowest BCUT2D eigenvalue weighted by molar-refractivity contribution is 0.199. The van der Waals surface area contributed by atoms with Crippen LogP contribution in [-0.2, 0) is 6.42 Å². The fraction of sp³-hybridized carbons (Fsp3) is 0.750. The van der Waals surface area contributed by atoms with Crippen LogP contribution in [0.2, 0.25) is 0 Å². The molecule has 0 radical (unpaired) electrons. The third-order valence-electron chi connectivity index (χ3n) is 4.44. The largest absolute Gasteiger partial charge is 0.396 e. The normalized spacial score (nSPS) is 21.5. The Bertz CT molecular complexity index is 464. The molecule has 2 atom stereocenters. The third-order valence-corrected chi connectivity index (χ3v) is 4.44. The van der Waals surface area contributed by atoms with Crippen molar-refractivity contribution in [1.82, 2.24) is 9.97 Å². The van der Waals surface area contributed by atoms with E-state index in [1.165, 1.54) is 12.8 Å². The first kappa shape index (κ1) is 16.0. The number of hydrogen-bond donors (Lipinski definition) is 3. The second-order valence-corrected chi connectivity index (χ2v) is 5.86. The Labute approximate surface area is 127 Å². The number of aliphatic hydroxyl groups excluding tert-OH is 1. The molecule has 0 aliphatic heterocycles. The molecule has 5 nitrogen and oxygen atoms in total. The van der Waals surface area contributed by atoms with Crippen molar-refractivity contribution in [3.63, 3.8) is 0 Å². The highest BCUT2D eigenvalue weighted by atomic mass is 16.3. The van der Waals surface area contributed by atoms with Crippen molar-refractivity contribution < 1.29 is 5.11 Å². The van der Waals surface area contributed by atoms with Gasteiger partial charge in [-0.2, -0.15) is 0 Å². The topological polar surface area (TPSA) is 70.1 Å². The standard InChI is InChI=1S/C16H28N4O/c1-4-14-19-15(17-5-2)11(3)16(20-14)18-9-12-7-6-8-13(12)10-21/h12-13,21H,4-10H2,1-3H3,(H2,17,18,19,20). The number of rotatable bonds is 7. The SMILES string of the molecule is CCNc1nc(CC)nc(NCC2CCCC2CO)c1C. The number of hydrogen-bond acceptors (Lipinski definition) is 5. The van der Waals surface area contributed by atoms with E-state index >= 15 is 0 Å². The molecule has 1 heterocycles. The second kappa shape index (κ2) is 7.59. The first-order valence-corrected chi connectivity index (χ1v) is 8.15. The summed E-state index contributed by atoms with van der Waals surface area (Å²) < 4.78 is 0. The van der Waals surface area contributed by atoms with Crippen molar-refractivity contribution in [2.75, 3.05) is 30.3 Å². The molecule has 0 amide bonds. The Hall–Kier alpha value is -1.36. The molecule has 1 aliphatic carbocycles. The molecule has 2 rings (SSSR count). The summed E-state index contributed by atoms with van der Waals surface area (Å²) in [5, 5.41) is 16.2. The van der Waals surface area contributed by atoms with E-state index in [0.29, 0.717) is 18.4 Å². The summed E-state index contributed by atoms with van der Waals surface area (Å²) in [6, 6.07) is 0. The van der Waals surface area contributed by atoms with Gasteiger partial charge < -0.3 is 15.7 Å². The zero-order chi connectivity index (χ0) is 15.2. The molecule has 0 aromatic carbocycles. The van der Waals surface area contributed by atoms with Gasteiger partial charge in [-0.05, 0) is 38.5 Å². The van der Waals surface area contributed by atoms with Crippen LogP contribution in [0.15, 0.2) is 0 Å². The van der Waals surface area contributed by atoms with Gasteiger partial charge in [0.15, 0.2) is 0 Å². The van der Waals surface area contributed by atoms with Gasteiger partial charge in [0.2, 0.25) is 0 Å². The quantitative estimate of drug-likeness (QED) is 0.720. The van der Waals surface area contributed by atoms with E-state index in [1.54, 1.807) is 0 Å². The molecule has 0 spiro atoms. The van der Waals surface area contributed by atoms with Gasteiger partial charge in [0.1, 0.15) is 17.5 Å². The molecule has 2 unspecified atom stereocenters. The van der Waals surface area contributed by atoms with Crippen molar-refractivity contribution >= 4 is 11.6 Å². The van der Waals surface area contributed by atoms with Gasteiger partial charge in [-0.3, -0.25) is 0 Å². The zero-order valence-corrected chi connectivity index (χ0v) is 13.4. The molecule has 5 heteroatoms. The van der Waals surface area contributed by atoms with Crippen LogP contribution < -0.4 is 10.6 Å². The smallest absolute Gasteiger partial charge is 0.134 e. The summed E-state index contributed by atoms with van der Waals surface area (Å²) in [7, 11) is 0.